The third-order valence-corrected chi connectivity index (χ3v) is 5.95. The van der Waals surface area contributed by atoms with Gasteiger partial charge in [0, 0.05) is 5.41 Å². The Bertz CT molecular complexity index is 316. The quantitative estimate of drug-likeness (QED) is 0.660. The van der Waals surface area contributed by atoms with Crippen LogP contribution in [0.25, 0.3) is 0 Å². The van der Waals surface area contributed by atoms with E-state index in [0.717, 1.165) is 18.8 Å². The minimum atomic E-state index is -0.0349. The Morgan fingerprint density at radius 1 is 1.33 bits per heavy atom. The maximum Gasteiger partial charge on any atom is 0.0694 e. The molecule has 5 aliphatic rings. The van der Waals surface area contributed by atoms with Crippen molar-refractivity contribution in [1.82, 2.24) is 0 Å². The van der Waals surface area contributed by atoms with Gasteiger partial charge in [0.25, 0.3) is 0 Å². The summed E-state index contributed by atoms with van der Waals surface area (Å²) in [6.45, 7) is 2.28. The van der Waals surface area contributed by atoms with Crippen molar-refractivity contribution in [3.8, 4) is 0 Å². The predicted octanol–water partition coefficient (Wildman–Crippen LogP) is 2.11. The van der Waals surface area contributed by atoms with Crippen LogP contribution in [0.4, 0.5) is 0 Å². The minimum Gasteiger partial charge on any atom is -0.393 e. The number of rotatable bonds is 0. The van der Waals surface area contributed by atoms with Gasteiger partial charge in [-0.05, 0) is 50.9 Å². The lowest BCUT2D eigenvalue weighted by molar-refractivity contribution is -0.181. The van der Waals surface area contributed by atoms with Crippen LogP contribution >= 0.6 is 0 Å². The Hall–Kier alpha value is -0.0800. The lowest BCUT2D eigenvalue weighted by Gasteiger charge is -2.52. The van der Waals surface area contributed by atoms with Gasteiger partial charge in [0.05, 0.1) is 17.8 Å². The zero-order chi connectivity index (χ0) is 10.3. The highest BCUT2D eigenvalue weighted by Gasteiger charge is 2.69. The van der Waals surface area contributed by atoms with Gasteiger partial charge < -0.3 is 9.84 Å². The van der Waals surface area contributed by atoms with E-state index in [0.29, 0.717) is 12.0 Å². The number of hydrogen-bond acceptors (Lipinski definition) is 2. The first-order chi connectivity index (χ1) is 7.14. The molecule has 15 heavy (non-hydrogen) atoms. The van der Waals surface area contributed by atoms with Crippen LogP contribution < -0.4 is 0 Å². The third-order valence-electron chi connectivity index (χ3n) is 5.95. The molecule has 2 saturated heterocycles. The Morgan fingerprint density at radius 2 is 2.20 bits per heavy atom. The average molecular weight is 208 g/mol. The van der Waals surface area contributed by atoms with Gasteiger partial charge in [-0.15, -0.1) is 0 Å². The second-order valence-corrected chi connectivity index (χ2v) is 6.57. The molecule has 0 radical (unpaired) electrons. The molecule has 1 spiro atoms. The summed E-state index contributed by atoms with van der Waals surface area (Å²) in [5, 5.41) is 10.4. The monoisotopic (exact) mass is 208 g/mol. The first-order valence-corrected chi connectivity index (χ1v) is 6.50. The third kappa shape index (κ3) is 0.861. The first kappa shape index (κ1) is 9.00. The minimum absolute atomic E-state index is 0.0349. The summed E-state index contributed by atoms with van der Waals surface area (Å²) in [6, 6.07) is 0. The SMILES string of the molecule is C[C@]12C[C@]34C[C@H]1C[C@H](O2)[C@H]3CCC[C@@H]4O. The van der Waals surface area contributed by atoms with Crippen molar-refractivity contribution in [2.24, 2.45) is 17.3 Å². The predicted molar refractivity (Wildman–Crippen MR) is 56.4 cm³/mol. The molecule has 0 aromatic rings. The fourth-order valence-corrected chi connectivity index (χ4v) is 5.38. The Labute approximate surface area is 91.0 Å². The number of ether oxygens (including phenoxy) is 1. The van der Waals surface area contributed by atoms with Crippen LogP contribution in [0.15, 0.2) is 0 Å². The van der Waals surface area contributed by atoms with Crippen molar-refractivity contribution in [1.29, 1.82) is 0 Å². The second kappa shape index (κ2) is 2.43. The Balaban J connectivity index is 1.81. The molecule has 5 rings (SSSR count). The van der Waals surface area contributed by atoms with Crippen LogP contribution in [0.3, 0.4) is 0 Å². The molecule has 0 amide bonds. The summed E-state index contributed by atoms with van der Waals surface area (Å²) < 4.78 is 6.24. The molecule has 5 fully saturated rings. The summed E-state index contributed by atoms with van der Waals surface area (Å²) in [5.41, 5.74) is 0.387. The highest BCUT2D eigenvalue weighted by molar-refractivity contribution is 5.18. The molecule has 0 aromatic carbocycles. The van der Waals surface area contributed by atoms with Crippen molar-refractivity contribution < 1.29 is 9.84 Å². The highest BCUT2D eigenvalue weighted by atomic mass is 16.5. The summed E-state index contributed by atoms with van der Waals surface area (Å²) >= 11 is 0. The fourth-order valence-electron chi connectivity index (χ4n) is 5.38. The number of hydrogen-bond donors (Lipinski definition) is 1. The zero-order valence-electron chi connectivity index (χ0n) is 9.41. The first-order valence-electron chi connectivity index (χ1n) is 6.50. The lowest BCUT2D eigenvalue weighted by Crippen LogP contribution is -2.53. The van der Waals surface area contributed by atoms with Crippen LogP contribution in [0.5, 0.6) is 0 Å². The molecule has 2 heteroatoms. The standard InChI is InChI=1S/C13H20O2/c1-12-7-13-6-8(12)5-10(15-12)9(13)3-2-4-11(13)14/h8-11,14H,2-7H2,1H3/t8-,9-,10+,11+,12+,13-/m1/s1. The Kier molecular flexibility index (Phi) is 1.46. The largest absolute Gasteiger partial charge is 0.393 e. The molecule has 2 nitrogen and oxygen atoms in total. The van der Waals surface area contributed by atoms with Crippen molar-refractivity contribution in [2.45, 2.75) is 63.3 Å². The van der Waals surface area contributed by atoms with Crippen LogP contribution in [0.2, 0.25) is 0 Å². The topological polar surface area (TPSA) is 29.5 Å². The molecular weight excluding hydrogens is 188 g/mol. The molecule has 3 saturated carbocycles. The number of aliphatic hydroxyl groups is 1. The normalized spacial score (nSPS) is 66.0. The van der Waals surface area contributed by atoms with E-state index in [1.54, 1.807) is 0 Å². The van der Waals surface area contributed by atoms with Crippen LogP contribution in [0, 0.1) is 17.3 Å². The summed E-state index contributed by atoms with van der Waals surface area (Å²) in [5.74, 6) is 1.42. The van der Waals surface area contributed by atoms with Crippen LogP contribution in [-0.4, -0.2) is 22.9 Å². The van der Waals surface area contributed by atoms with E-state index >= 15 is 0 Å². The second-order valence-electron chi connectivity index (χ2n) is 6.57. The van der Waals surface area contributed by atoms with E-state index in [4.69, 9.17) is 4.74 Å². The average Bonchev–Trinajstić information content (AvgIpc) is 2.54. The van der Waals surface area contributed by atoms with Gasteiger partial charge >= 0.3 is 0 Å². The maximum absolute atomic E-state index is 10.4. The molecule has 4 bridgehead atoms. The van der Waals surface area contributed by atoms with E-state index in [1.807, 2.05) is 0 Å². The van der Waals surface area contributed by atoms with E-state index in [9.17, 15) is 5.11 Å². The van der Waals surface area contributed by atoms with Gasteiger partial charge in [0.15, 0.2) is 0 Å². The van der Waals surface area contributed by atoms with E-state index < -0.39 is 0 Å². The summed E-state index contributed by atoms with van der Waals surface area (Å²) in [6.07, 6.45) is 7.63. The van der Waals surface area contributed by atoms with Crippen molar-refractivity contribution in [2.75, 3.05) is 0 Å². The van der Waals surface area contributed by atoms with Crippen molar-refractivity contribution in [3.63, 3.8) is 0 Å². The summed E-state index contributed by atoms with van der Waals surface area (Å²) in [7, 11) is 0. The van der Waals surface area contributed by atoms with Gasteiger partial charge in [-0.25, -0.2) is 0 Å². The zero-order valence-corrected chi connectivity index (χ0v) is 9.41. The molecule has 6 atom stereocenters. The van der Waals surface area contributed by atoms with Gasteiger partial charge in [-0.1, -0.05) is 6.42 Å². The van der Waals surface area contributed by atoms with Gasteiger partial charge in [-0.2, -0.15) is 0 Å². The summed E-state index contributed by atoms with van der Waals surface area (Å²) in [4.78, 5) is 0. The molecule has 2 aliphatic heterocycles. The molecule has 0 unspecified atom stereocenters. The van der Waals surface area contributed by atoms with Crippen molar-refractivity contribution >= 4 is 0 Å². The maximum atomic E-state index is 10.4. The van der Waals surface area contributed by atoms with Crippen LogP contribution in [0.1, 0.15) is 45.4 Å². The molecule has 3 aliphatic carbocycles. The highest BCUT2D eigenvalue weighted by Crippen LogP contribution is 2.69. The van der Waals surface area contributed by atoms with Gasteiger partial charge in [0.2, 0.25) is 0 Å². The van der Waals surface area contributed by atoms with E-state index in [-0.39, 0.29) is 17.1 Å². The Morgan fingerprint density at radius 3 is 3.00 bits per heavy atom. The fraction of sp³-hybridized carbons (Fsp3) is 1.00. The van der Waals surface area contributed by atoms with Crippen LogP contribution in [-0.2, 0) is 4.74 Å². The van der Waals surface area contributed by atoms with E-state index in [1.165, 1.54) is 25.7 Å². The lowest BCUT2D eigenvalue weighted by atomic mass is 9.58. The molecule has 1 N–H and O–H groups in total. The van der Waals surface area contributed by atoms with Crippen molar-refractivity contribution in [3.05, 3.63) is 0 Å². The smallest absolute Gasteiger partial charge is 0.0694 e. The molecule has 84 valence electrons. The molecule has 0 aromatic heterocycles. The van der Waals surface area contributed by atoms with Gasteiger partial charge in [-0.3, -0.25) is 0 Å². The van der Waals surface area contributed by atoms with Gasteiger partial charge in [0.1, 0.15) is 0 Å². The van der Waals surface area contributed by atoms with E-state index in [2.05, 4.69) is 6.92 Å². The number of aliphatic hydroxyl groups excluding tert-OH is 1. The molecular formula is C13H20O2. The molecule has 2 heterocycles.